The molecule has 0 aliphatic heterocycles. The maximum atomic E-state index is 12.6. The maximum absolute atomic E-state index is 12.6. The van der Waals surface area contributed by atoms with Gasteiger partial charge < -0.3 is 5.21 Å². The number of thiophene rings is 1. The van der Waals surface area contributed by atoms with Crippen LogP contribution in [0.25, 0.3) is 0 Å². The first-order chi connectivity index (χ1) is 9.49. The number of rotatable bonds is 5. The summed E-state index contributed by atoms with van der Waals surface area (Å²) < 4.78 is 38.8. The van der Waals surface area contributed by atoms with E-state index < -0.39 is 11.7 Å². The van der Waals surface area contributed by atoms with Crippen LogP contribution in [0.2, 0.25) is 0 Å². The van der Waals surface area contributed by atoms with Gasteiger partial charge in [-0.15, -0.1) is 11.3 Å². The zero-order valence-corrected chi connectivity index (χ0v) is 11.9. The lowest BCUT2D eigenvalue weighted by Gasteiger charge is -2.07. The standard InChI is InChI=1S/C13H12F3NOS2/c14-13(15,16)9-2-1-3-11(8-9)20-12-5-4-10(19-12)6-7-17-18/h1-5,8,17-18H,6-7H2. The Morgan fingerprint density at radius 2 is 2.00 bits per heavy atom. The van der Waals surface area contributed by atoms with Gasteiger partial charge in [-0.3, -0.25) is 0 Å². The molecule has 0 saturated heterocycles. The number of hydroxylamine groups is 1. The van der Waals surface area contributed by atoms with Crippen LogP contribution in [0.1, 0.15) is 10.4 Å². The molecule has 0 aliphatic rings. The number of nitrogens with one attached hydrogen (secondary N) is 1. The Bertz CT molecular complexity index is 569. The minimum atomic E-state index is -4.32. The topological polar surface area (TPSA) is 32.3 Å². The van der Waals surface area contributed by atoms with Gasteiger partial charge in [0.1, 0.15) is 0 Å². The van der Waals surface area contributed by atoms with E-state index in [2.05, 4.69) is 5.48 Å². The molecule has 1 heterocycles. The first-order valence-corrected chi connectivity index (χ1v) is 7.43. The van der Waals surface area contributed by atoms with E-state index in [1.807, 2.05) is 12.1 Å². The van der Waals surface area contributed by atoms with Crippen molar-refractivity contribution in [3.63, 3.8) is 0 Å². The summed E-state index contributed by atoms with van der Waals surface area (Å²) in [4.78, 5) is 1.63. The SMILES string of the molecule is ONCCc1ccc(Sc2cccc(C(F)(F)F)c2)s1. The van der Waals surface area contributed by atoms with E-state index in [1.54, 1.807) is 6.07 Å². The number of hydrogen-bond donors (Lipinski definition) is 2. The number of hydrogen-bond acceptors (Lipinski definition) is 4. The molecule has 2 rings (SSSR count). The van der Waals surface area contributed by atoms with Crippen molar-refractivity contribution in [1.29, 1.82) is 0 Å². The molecule has 0 radical (unpaired) electrons. The summed E-state index contributed by atoms with van der Waals surface area (Å²) in [5.41, 5.74) is 1.44. The van der Waals surface area contributed by atoms with Crippen LogP contribution in [0.5, 0.6) is 0 Å². The summed E-state index contributed by atoms with van der Waals surface area (Å²) in [7, 11) is 0. The average molecular weight is 319 g/mol. The fraction of sp³-hybridized carbons (Fsp3) is 0.231. The van der Waals surface area contributed by atoms with Crippen molar-refractivity contribution < 1.29 is 18.4 Å². The van der Waals surface area contributed by atoms with Crippen LogP contribution >= 0.6 is 23.1 Å². The Kier molecular flexibility index (Phi) is 5.09. The number of benzene rings is 1. The Hall–Kier alpha value is -1.02. The van der Waals surface area contributed by atoms with E-state index in [4.69, 9.17) is 5.21 Å². The zero-order chi connectivity index (χ0) is 14.6. The van der Waals surface area contributed by atoms with Crippen molar-refractivity contribution >= 4 is 23.1 Å². The van der Waals surface area contributed by atoms with Crippen molar-refractivity contribution in [3.8, 4) is 0 Å². The highest BCUT2D eigenvalue weighted by Crippen LogP contribution is 2.36. The van der Waals surface area contributed by atoms with E-state index in [0.29, 0.717) is 17.9 Å². The molecule has 1 aromatic carbocycles. The van der Waals surface area contributed by atoms with Crippen molar-refractivity contribution in [1.82, 2.24) is 5.48 Å². The molecular weight excluding hydrogens is 307 g/mol. The summed E-state index contributed by atoms with van der Waals surface area (Å²) in [6, 6.07) is 9.08. The molecule has 1 aromatic heterocycles. The van der Waals surface area contributed by atoms with E-state index in [0.717, 1.165) is 21.2 Å². The van der Waals surface area contributed by atoms with Gasteiger partial charge >= 0.3 is 6.18 Å². The van der Waals surface area contributed by atoms with Gasteiger partial charge in [0.15, 0.2) is 0 Å². The second kappa shape index (κ2) is 6.62. The molecule has 0 spiro atoms. The maximum Gasteiger partial charge on any atom is 0.416 e. The summed E-state index contributed by atoms with van der Waals surface area (Å²) in [5, 5.41) is 8.52. The summed E-state index contributed by atoms with van der Waals surface area (Å²) in [6.07, 6.45) is -3.63. The highest BCUT2D eigenvalue weighted by atomic mass is 32.2. The van der Waals surface area contributed by atoms with Gasteiger partial charge in [-0.1, -0.05) is 17.8 Å². The summed E-state index contributed by atoms with van der Waals surface area (Å²) in [6.45, 7) is 0.453. The predicted octanol–water partition coefficient (Wildman–Crippen LogP) is 4.44. The van der Waals surface area contributed by atoms with Crippen LogP contribution in [0.3, 0.4) is 0 Å². The lowest BCUT2D eigenvalue weighted by molar-refractivity contribution is -0.137. The van der Waals surface area contributed by atoms with Gasteiger partial charge in [0.25, 0.3) is 0 Å². The van der Waals surface area contributed by atoms with E-state index in [1.165, 1.54) is 29.2 Å². The third-order valence-electron chi connectivity index (χ3n) is 2.50. The van der Waals surface area contributed by atoms with Crippen molar-refractivity contribution in [2.24, 2.45) is 0 Å². The fourth-order valence-corrected chi connectivity index (χ4v) is 3.79. The molecule has 0 saturated carbocycles. The van der Waals surface area contributed by atoms with Crippen LogP contribution in [0.15, 0.2) is 45.5 Å². The molecule has 108 valence electrons. The molecule has 0 atom stereocenters. The van der Waals surface area contributed by atoms with Crippen LogP contribution in [-0.2, 0) is 12.6 Å². The summed E-state index contributed by atoms with van der Waals surface area (Å²) in [5.74, 6) is 0. The first-order valence-electron chi connectivity index (χ1n) is 5.80. The Morgan fingerprint density at radius 3 is 2.70 bits per heavy atom. The quantitative estimate of drug-likeness (QED) is 0.799. The zero-order valence-electron chi connectivity index (χ0n) is 10.3. The fourth-order valence-electron chi connectivity index (χ4n) is 1.58. The van der Waals surface area contributed by atoms with Gasteiger partial charge in [-0.05, 0) is 36.8 Å². The Balaban J connectivity index is 2.08. The molecule has 0 aliphatic carbocycles. The third-order valence-corrected chi connectivity index (χ3v) is 4.77. The van der Waals surface area contributed by atoms with Crippen LogP contribution in [0, 0.1) is 0 Å². The lowest BCUT2D eigenvalue weighted by atomic mass is 10.2. The smallest absolute Gasteiger partial charge is 0.317 e. The van der Waals surface area contributed by atoms with E-state index in [9.17, 15) is 13.2 Å². The van der Waals surface area contributed by atoms with Gasteiger partial charge in [0.05, 0.1) is 9.77 Å². The minimum absolute atomic E-state index is 0.453. The van der Waals surface area contributed by atoms with Gasteiger partial charge in [0, 0.05) is 16.3 Å². The number of alkyl halides is 3. The normalized spacial score (nSPS) is 11.8. The number of halogens is 3. The first kappa shape index (κ1) is 15.4. The van der Waals surface area contributed by atoms with Gasteiger partial charge in [0.2, 0.25) is 0 Å². The van der Waals surface area contributed by atoms with Crippen molar-refractivity contribution in [2.45, 2.75) is 21.7 Å². The molecule has 2 aromatic rings. The second-order valence-corrected chi connectivity index (χ2v) is 6.55. The third kappa shape index (κ3) is 4.24. The molecular formula is C13H12F3NOS2. The molecule has 0 bridgehead atoms. The van der Waals surface area contributed by atoms with Gasteiger partial charge in [-0.2, -0.15) is 13.2 Å². The molecule has 20 heavy (non-hydrogen) atoms. The van der Waals surface area contributed by atoms with Crippen LogP contribution in [-0.4, -0.2) is 11.8 Å². The molecule has 7 heteroatoms. The highest BCUT2D eigenvalue weighted by Gasteiger charge is 2.30. The van der Waals surface area contributed by atoms with Gasteiger partial charge in [-0.25, -0.2) is 5.48 Å². The van der Waals surface area contributed by atoms with Crippen LogP contribution in [0.4, 0.5) is 13.2 Å². The largest absolute Gasteiger partial charge is 0.416 e. The molecule has 0 unspecified atom stereocenters. The lowest BCUT2D eigenvalue weighted by Crippen LogP contribution is -2.10. The predicted molar refractivity (Wildman–Crippen MR) is 73.4 cm³/mol. The van der Waals surface area contributed by atoms with E-state index in [-0.39, 0.29) is 0 Å². The molecule has 0 amide bonds. The minimum Gasteiger partial charge on any atom is -0.317 e. The van der Waals surface area contributed by atoms with E-state index >= 15 is 0 Å². The van der Waals surface area contributed by atoms with Crippen molar-refractivity contribution in [2.75, 3.05) is 6.54 Å². The highest BCUT2D eigenvalue weighted by molar-refractivity contribution is 8.01. The van der Waals surface area contributed by atoms with Crippen LogP contribution < -0.4 is 5.48 Å². The molecule has 0 fully saturated rings. The Labute approximate surface area is 122 Å². The van der Waals surface area contributed by atoms with Crippen molar-refractivity contribution in [3.05, 3.63) is 46.8 Å². The molecule has 2 nitrogen and oxygen atoms in total. The Morgan fingerprint density at radius 1 is 1.20 bits per heavy atom. The summed E-state index contributed by atoms with van der Waals surface area (Å²) >= 11 is 2.82. The second-order valence-electron chi connectivity index (χ2n) is 4.01. The molecule has 2 N–H and O–H groups in total. The monoisotopic (exact) mass is 319 g/mol. The average Bonchev–Trinajstić information content (AvgIpc) is 2.83.